The van der Waals surface area contributed by atoms with Crippen molar-refractivity contribution in [2.75, 3.05) is 13.1 Å². The van der Waals surface area contributed by atoms with Gasteiger partial charge in [-0.3, -0.25) is 9.59 Å². The monoisotopic (exact) mass is 354 g/mol. The molecule has 1 heterocycles. The summed E-state index contributed by atoms with van der Waals surface area (Å²) < 4.78 is 13.6. The second-order valence-corrected chi connectivity index (χ2v) is 6.85. The summed E-state index contributed by atoms with van der Waals surface area (Å²) in [5.74, 6) is -0.102. The molecule has 1 saturated heterocycles. The predicted molar refractivity (Wildman–Crippen MR) is 98.3 cm³/mol. The van der Waals surface area contributed by atoms with Crippen molar-refractivity contribution in [1.82, 2.24) is 10.2 Å². The maximum absolute atomic E-state index is 13.6. The van der Waals surface area contributed by atoms with Crippen LogP contribution in [0.3, 0.4) is 0 Å². The summed E-state index contributed by atoms with van der Waals surface area (Å²) in [7, 11) is 0. The molecule has 1 fully saturated rings. The summed E-state index contributed by atoms with van der Waals surface area (Å²) in [4.78, 5) is 26.7. The molecule has 2 aromatic carbocycles. The van der Waals surface area contributed by atoms with Crippen LogP contribution in [0.25, 0.3) is 0 Å². The highest BCUT2D eigenvalue weighted by Gasteiger charge is 2.22. The number of hydrogen-bond acceptors (Lipinski definition) is 2. The quantitative estimate of drug-likeness (QED) is 0.911. The van der Waals surface area contributed by atoms with Crippen molar-refractivity contribution in [2.24, 2.45) is 5.92 Å². The molecule has 0 radical (unpaired) electrons. The number of nitrogens with one attached hydrogen (secondary N) is 1. The van der Waals surface area contributed by atoms with Crippen molar-refractivity contribution >= 4 is 11.8 Å². The molecular weight excluding hydrogens is 331 g/mol. The Morgan fingerprint density at radius 2 is 1.81 bits per heavy atom. The van der Waals surface area contributed by atoms with Crippen LogP contribution in [0.4, 0.5) is 4.39 Å². The number of piperidine rings is 1. The van der Waals surface area contributed by atoms with E-state index in [1.54, 1.807) is 42.5 Å². The second kappa shape index (κ2) is 8.13. The molecule has 3 rings (SSSR count). The van der Waals surface area contributed by atoms with Gasteiger partial charge in [0.2, 0.25) is 0 Å². The summed E-state index contributed by atoms with van der Waals surface area (Å²) in [5.41, 5.74) is 1.47. The second-order valence-electron chi connectivity index (χ2n) is 6.85. The molecule has 1 unspecified atom stereocenters. The van der Waals surface area contributed by atoms with Gasteiger partial charge in [0.15, 0.2) is 0 Å². The fraction of sp³-hybridized carbons (Fsp3) is 0.333. The Kier molecular flexibility index (Phi) is 5.66. The Morgan fingerprint density at radius 1 is 1.12 bits per heavy atom. The van der Waals surface area contributed by atoms with Crippen LogP contribution in [0.5, 0.6) is 0 Å². The maximum atomic E-state index is 13.6. The number of benzene rings is 2. The summed E-state index contributed by atoms with van der Waals surface area (Å²) in [6.45, 7) is 3.85. The van der Waals surface area contributed by atoms with Crippen LogP contribution in [-0.4, -0.2) is 29.8 Å². The van der Waals surface area contributed by atoms with Gasteiger partial charge in [-0.25, -0.2) is 4.39 Å². The minimum atomic E-state index is -0.343. The van der Waals surface area contributed by atoms with E-state index in [2.05, 4.69) is 12.2 Å². The Labute approximate surface area is 153 Å². The summed E-state index contributed by atoms with van der Waals surface area (Å²) in [5, 5.41) is 2.70. The van der Waals surface area contributed by atoms with Crippen LogP contribution >= 0.6 is 0 Å². The van der Waals surface area contributed by atoms with E-state index in [1.807, 2.05) is 4.90 Å². The molecule has 1 N–H and O–H groups in total. The van der Waals surface area contributed by atoms with Crippen LogP contribution in [0.15, 0.2) is 48.5 Å². The lowest BCUT2D eigenvalue weighted by molar-refractivity contribution is 0.0682. The lowest BCUT2D eigenvalue weighted by Gasteiger charge is -2.31. The van der Waals surface area contributed by atoms with Crippen molar-refractivity contribution in [3.05, 3.63) is 71.0 Å². The molecule has 136 valence electrons. The van der Waals surface area contributed by atoms with E-state index in [0.29, 0.717) is 22.6 Å². The van der Waals surface area contributed by atoms with E-state index in [0.717, 1.165) is 25.9 Å². The first kappa shape index (κ1) is 18.1. The van der Waals surface area contributed by atoms with Gasteiger partial charge >= 0.3 is 0 Å². The largest absolute Gasteiger partial charge is 0.348 e. The van der Waals surface area contributed by atoms with Gasteiger partial charge in [-0.15, -0.1) is 0 Å². The molecule has 0 aromatic heterocycles. The highest BCUT2D eigenvalue weighted by atomic mass is 19.1. The van der Waals surface area contributed by atoms with E-state index in [4.69, 9.17) is 0 Å². The smallest absolute Gasteiger partial charge is 0.253 e. The molecule has 1 aliphatic heterocycles. The average molecular weight is 354 g/mol. The number of amides is 2. The van der Waals surface area contributed by atoms with E-state index in [1.165, 1.54) is 6.07 Å². The molecule has 26 heavy (non-hydrogen) atoms. The van der Waals surface area contributed by atoms with Crippen LogP contribution in [0.1, 0.15) is 46.0 Å². The van der Waals surface area contributed by atoms with Crippen LogP contribution in [0.2, 0.25) is 0 Å². The topological polar surface area (TPSA) is 49.4 Å². The molecule has 5 heteroatoms. The Bertz CT molecular complexity index is 789. The van der Waals surface area contributed by atoms with Gasteiger partial charge in [-0.05, 0) is 49.1 Å². The Morgan fingerprint density at radius 3 is 2.50 bits per heavy atom. The molecule has 0 aliphatic carbocycles. The van der Waals surface area contributed by atoms with Crippen LogP contribution in [0, 0.1) is 11.7 Å². The zero-order chi connectivity index (χ0) is 18.5. The lowest BCUT2D eigenvalue weighted by atomic mass is 9.99. The fourth-order valence-electron chi connectivity index (χ4n) is 3.24. The number of nitrogens with zero attached hydrogens (tertiary/aromatic N) is 1. The number of likely N-dealkylation sites (tertiary alicyclic amines) is 1. The van der Waals surface area contributed by atoms with E-state index in [-0.39, 0.29) is 24.2 Å². The number of halogens is 1. The van der Waals surface area contributed by atoms with E-state index < -0.39 is 0 Å². The number of hydrogen-bond donors (Lipinski definition) is 1. The van der Waals surface area contributed by atoms with Gasteiger partial charge in [0.1, 0.15) is 5.82 Å². The first-order chi connectivity index (χ1) is 12.5. The maximum Gasteiger partial charge on any atom is 0.253 e. The third kappa shape index (κ3) is 4.28. The first-order valence-corrected chi connectivity index (χ1v) is 8.95. The third-order valence-electron chi connectivity index (χ3n) is 4.74. The molecule has 0 bridgehead atoms. The van der Waals surface area contributed by atoms with Crippen molar-refractivity contribution in [3.8, 4) is 0 Å². The van der Waals surface area contributed by atoms with E-state index in [9.17, 15) is 14.0 Å². The molecule has 0 saturated carbocycles. The van der Waals surface area contributed by atoms with Gasteiger partial charge in [-0.1, -0.05) is 25.1 Å². The normalized spacial score (nSPS) is 17.0. The summed E-state index contributed by atoms with van der Waals surface area (Å²) in [6, 6.07) is 13.0. The molecule has 1 aliphatic rings. The lowest BCUT2D eigenvalue weighted by Crippen LogP contribution is -2.39. The number of rotatable bonds is 4. The minimum Gasteiger partial charge on any atom is -0.348 e. The van der Waals surface area contributed by atoms with Gasteiger partial charge < -0.3 is 10.2 Å². The molecule has 0 spiro atoms. The van der Waals surface area contributed by atoms with Crippen LogP contribution < -0.4 is 5.32 Å². The minimum absolute atomic E-state index is 0.00913. The molecule has 2 aromatic rings. The average Bonchev–Trinajstić information content (AvgIpc) is 2.66. The number of carbonyl (C=O) groups is 2. The number of carbonyl (C=O) groups excluding carboxylic acids is 2. The zero-order valence-electron chi connectivity index (χ0n) is 14.9. The molecular formula is C21H23FN2O2. The van der Waals surface area contributed by atoms with Gasteiger partial charge in [0.25, 0.3) is 11.8 Å². The van der Waals surface area contributed by atoms with Crippen LogP contribution in [-0.2, 0) is 6.54 Å². The fourth-order valence-corrected chi connectivity index (χ4v) is 3.24. The highest BCUT2D eigenvalue weighted by molar-refractivity contribution is 5.97. The van der Waals surface area contributed by atoms with Gasteiger partial charge in [-0.2, -0.15) is 0 Å². The Balaban J connectivity index is 1.60. The molecule has 1 atom stereocenters. The standard InChI is InChI=1S/C21H23FN2O2/c1-15-5-4-12-24(14-15)21(26)17-10-8-16(9-11-17)20(25)23-13-18-6-2-3-7-19(18)22/h2-3,6-11,15H,4-5,12-14H2,1H3,(H,23,25). The van der Waals surface area contributed by atoms with Gasteiger partial charge in [0, 0.05) is 36.3 Å². The van der Waals surface area contributed by atoms with Crippen molar-refractivity contribution in [2.45, 2.75) is 26.3 Å². The van der Waals surface area contributed by atoms with Crippen molar-refractivity contribution in [1.29, 1.82) is 0 Å². The Hall–Kier alpha value is -2.69. The summed E-state index contributed by atoms with van der Waals surface area (Å²) in [6.07, 6.45) is 2.19. The van der Waals surface area contributed by atoms with Gasteiger partial charge in [0.05, 0.1) is 0 Å². The van der Waals surface area contributed by atoms with Crippen molar-refractivity contribution < 1.29 is 14.0 Å². The summed E-state index contributed by atoms with van der Waals surface area (Å²) >= 11 is 0. The SMILES string of the molecule is CC1CCCN(C(=O)c2ccc(C(=O)NCc3ccccc3F)cc2)C1. The first-order valence-electron chi connectivity index (χ1n) is 8.95. The van der Waals surface area contributed by atoms with E-state index >= 15 is 0 Å². The third-order valence-corrected chi connectivity index (χ3v) is 4.74. The highest BCUT2D eigenvalue weighted by Crippen LogP contribution is 2.18. The predicted octanol–water partition coefficient (Wildman–Crippen LogP) is 3.63. The zero-order valence-corrected chi connectivity index (χ0v) is 14.9. The molecule has 4 nitrogen and oxygen atoms in total. The molecule has 2 amide bonds. The van der Waals surface area contributed by atoms with Crippen molar-refractivity contribution in [3.63, 3.8) is 0 Å².